The van der Waals surface area contributed by atoms with Crippen molar-refractivity contribution in [2.24, 2.45) is 11.0 Å². The Balaban J connectivity index is 2.06. The lowest BCUT2D eigenvalue weighted by molar-refractivity contribution is -0.132. The molecule has 0 radical (unpaired) electrons. The van der Waals surface area contributed by atoms with E-state index in [1.165, 1.54) is 12.3 Å². The van der Waals surface area contributed by atoms with Gasteiger partial charge in [-0.15, -0.1) is 0 Å². The van der Waals surface area contributed by atoms with Crippen molar-refractivity contribution in [1.82, 2.24) is 10.7 Å². The zero-order valence-corrected chi connectivity index (χ0v) is 23.7. The fourth-order valence-corrected chi connectivity index (χ4v) is 4.37. The molecule has 0 aliphatic carbocycles. The number of ether oxygens (including phenoxy) is 3. The summed E-state index contributed by atoms with van der Waals surface area (Å²) in [5, 5.41) is 7.52. The summed E-state index contributed by atoms with van der Waals surface area (Å²) in [7, 11) is 3.11. The predicted octanol–water partition coefficient (Wildman–Crippen LogP) is 5.06. The van der Waals surface area contributed by atoms with Gasteiger partial charge in [0.2, 0.25) is 0 Å². The minimum absolute atomic E-state index is 0.143. The fourth-order valence-electron chi connectivity index (χ4n) is 3.07. The molecule has 0 bridgehead atoms. The molecule has 0 aliphatic rings. The molecule has 0 unspecified atom stereocenters. The van der Waals surface area contributed by atoms with E-state index in [4.69, 9.17) is 37.4 Å². The summed E-state index contributed by atoms with van der Waals surface area (Å²) in [5.74, 6) is 0.713. The molecule has 11 heteroatoms. The minimum atomic E-state index is -0.895. The first-order valence-electron chi connectivity index (χ1n) is 10.7. The van der Waals surface area contributed by atoms with Gasteiger partial charge in [-0.25, -0.2) is 5.43 Å². The van der Waals surface area contributed by atoms with E-state index in [1.807, 2.05) is 19.9 Å². The van der Waals surface area contributed by atoms with Crippen molar-refractivity contribution in [3.63, 3.8) is 0 Å². The number of benzene rings is 2. The highest BCUT2D eigenvalue weighted by Crippen LogP contribution is 2.33. The van der Waals surface area contributed by atoms with Gasteiger partial charge in [0.1, 0.15) is 11.8 Å². The third-order valence-corrected chi connectivity index (χ3v) is 6.08. The summed E-state index contributed by atoms with van der Waals surface area (Å²) in [6.07, 6.45) is 1.01. The van der Waals surface area contributed by atoms with E-state index in [1.54, 1.807) is 39.3 Å². The normalized spacial score (nSPS) is 12.8. The van der Waals surface area contributed by atoms with Crippen LogP contribution in [0, 0.1) is 9.49 Å². The predicted molar refractivity (Wildman–Crippen MR) is 146 cm³/mol. The quantitative estimate of drug-likeness (QED) is 0.204. The van der Waals surface area contributed by atoms with Crippen molar-refractivity contribution in [3.05, 3.63) is 49.5 Å². The fraction of sp³-hybridized carbons (Fsp3) is 0.375. The monoisotopic (exact) mass is 635 g/mol. The average molecular weight is 636 g/mol. The van der Waals surface area contributed by atoms with E-state index >= 15 is 0 Å². The average Bonchev–Trinajstić information content (AvgIpc) is 2.79. The molecule has 0 saturated carbocycles. The van der Waals surface area contributed by atoms with Gasteiger partial charge in [0.15, 0.2) is 17.6 Å². The molecular weight excluding hydrogens is 608 g/mol. The van der Waals surface area contributed by atoms with Crippen LogP contribution in [0.1, 0.15) is 32.8 Å². The number of halogens is 3. The highest BCUT2D eigenvalue weighted by molar-refractivity contribution is 14.1. The first-order valence-corrected chi connectivity index (χ1v) is 12.6. The lowest BCUT2D eigenvalue weighted by Crippen LogP contribution is -2.49. The molecule has 2 rings (SSSR count). The van der Waals surface area contributed by atoms with E-state index in [9.17, 15) is 9.59 Å². The molecule has 35 heavy (non-hydrogen) atoms. The van der Waals surface area contributed by atoms with Gasteiger partial charge in [-0.2, -0.15) is 5.10 Å². The van der Waals surface area contributed by atoms with Crippen LogP contribution < -0.4 is 25.0 Å². The van der Waals surface area contributed by atoms with Crippen LogP contribution in [0.2, 0.25) is 10.0 Å². The molecule has 2 amide bonds. The van der Waals surface area contributed by atoms with Gasteiger partial charge >= 0.3 is 0 Å². The Hall–Kier alpha value is -2.24. The van der Waals surface area contributed by atoms with E-state index in [-0.39, 0.29) is 10.9 Å². The number of hydrazone groups is 1. The second-order valence-electron chi connectivity index (χ2n) is 8.00. The van der Waals surface area contributed by atoms with Crippen LogP contribution in [0.3, 0.4) is 0 Å². The van der Waals surface area contributed by atoms with Gasteiger partial charge in [0, 0.05) is 5.02 Å². The van der Waals surface area contributed by atoms with Crippen LogP contribution in [0.4, 0.5) is 0 Å². The number of carbonyl (C=O) groups excluding carboxylic acids is 2. The number of carbonyl (C=O) groups is 2. The number of nitrogens with one attached hydrogen (secondary N) is 2. The summed E-state index contributed by atoms with van der Waals surface area (Å²) < 4.78 is 17.1. The number of nitrogens with zero attached hydrogens (tertiary/aromatic N) is 1. The Morgan fingerprint density at radius 2 is 1.77 bits per heavy atom. The van der Waals surface area contributed by atoms with Crippen LogP contribution in [0.5, 0.6) is 17.2 Å². The molecule has 0 aliphatic heterocycles. The Morgan fingerprint density at radius 3 is 2.37 bits per heavy atom. The van der Waals surface area contributed by atoms with Crippen molar-refractivity contribution in [2.45, 2.75) is 39.3 Å². The highest BCUT2D eigenvalue weighted by Gasteiger charge is 2.25. The van der Waals surface area contributed by atoms with Crippen LogP contribution in [0.15, 0.2) is 35.4 Å². The number of methoxy groups -OCH3 is 2. The van der Waals surface area contributed by atoms with Crippen molar-refractivity contribution >= 4 is 63.8 Å². The van der Waals surface area contributed by atoms with Crippen molar-refractivity contribution in [3.8, 4) is 17.2 Å². The van der Waals surface area contributed by atoms with Crippen molar-refractivity contribution < 1.29 is 23.8 Å². The smallest absolute Gasteiger partial charge is 0.262 e. The van der Waals surface area contributed by atoms with E-state index < -0.39 is 24.0 Å². The van der Waals surface area contributed by atoms with Gasteiger partial charge < -0.3 is 19.5 Å². The van der Waals surface area contributed by atoms with Gasteiger partial charge in [-0.05, 0) is 77.7 Å². The summed E-state index contributed by atoms with van der Waals surface area (Å²) in [6, 6.07) is 7.49. The summed E-state index contributed by atoms with van der Waals surface area (Å²) in [6.45, 7) is 5.48. The third kappa shape index (κ3) is 8.73. The van der Waals surface area contributed by atoms with Gasteiger partial charge in [-0.3, -0.25) is 9.59 Å². The number of rotatable bonds is 11. The van der Waals surface area contributed by atoms with Crippen LogP contribution in [0.25, 0.3) is 0 Å². The van der Waals surface area contributed by atoms with Crippen LogP contribution in [-0.4, -0.2) is 44.4 Å². The van der Waals surface area contributed by atoms with Crippen LogP contribution in [-0.2, 0) is 9.59 Å². The first-order chi connectivity index (χ1) is 16.5. The molecule has 0 fully saturated rings. The largest absolute Gasteiger partial charge is 0.493 e. The maximum Gasteiger partial charge on any atom is 0.262 e. The van der Waals surface area contributed by atoms with Gasteiger partial charge in [-0.1, -0.05) is 37.0 Å². The molecule has 2 aromatic rings. The Bertz CT molecular complexity index is 1080. The molecule has 0 saturated heterocycles. The third-order valence-electron chi connectivity index (χ3n) is 4.75. The maximum absolute atomic E-state index is 12.8. The highest BCUT2D eigenvalue weighted by atomic mass is 127. The van der Waals surface area contributed by atoms with E-state index in [0.29, 0.717) is 34.3 Å². The lowest BCUT2D eigenvalue weighted by Gasteiger charge is -2.22. The molecule has 0 spiro atoms. The molecule has 190 valence electrons. The van der Waals surface area contributed by atoms with Crippen LogP contribution >= 0.6 is 45.8 Å². The topological polar surface area (TPSA) is 98.2 Å². The van der Waals surface area contributed by atoms with E-state index in [0.717, 1.165) is 3.57 Å². The van der Waals surface area contributed by atoms with Crippen molar-refractivity contribution in [2.75, 3.05) is 14.2 Å². The number of hydrogen-bond acceptors (Lipinski definition) is 6. The number of amides is 2. The summed E-state index contributed by atoms with van der Waals surface area (Å²) >= 11 is 14.1. The molecule has 8 nitrogen and oxygen atoms in total. The van der Waals surface area contributed by atoms with Gasteiger partial charge in [0.25, 0.3) is 11.8 Å². The lowest BCUT2D eigenvalue weighted by atomic mass is 10.0. The molecule has 0 aromatic heterocycles. The number of hydrogen-bond donors (Lipinski definition) is 2. The maximum atomic E-state index is 12.8. The zero-order chi connectivity index (χ0) is 26.1. The van der Waals surface area contributed by atoms with E-state index in [2.05, 4.69) is 38.4 Å². The Kier molecular flexibility index (Phi) is 11.4. The Labute approximate surface area is 228 Å². The summed E-state index contributed by atoms with van der Waals surface area (Å²) in [4.78, 5) is 25.5. The first kappa shape index (κ1) is 29.0. The molecular formula is C24H28Cl2IN3O5. The second kappa shape index (κ2) is 13.7. The Morgan fingerprint density at radius 1 is 1.06 bits per heavy atom. The standard InChI is InChI=1S/C24H28Cl2IN3O5/c1-13(2)8-19(29-23(31)14(3)35-20-7-6-16(25)11-17(20)26)24(32)30-28-12-15-9-18(27)22(34-5)21(10-15)33-4/h6-7,9-14,19H,8H2,1-5H3,(H,29,31)(H,30,32)/b28-12-/t14-,19-/m0/s1. The van der Waals surface area contributed by atoms with Crippen molar-refractivity contribution in [1.29, 1.82) is 0 Å². The molecule has 0 heterocycles. The summed E-state index contributed by atoms with van der Waals surface area (Å²) in [5.41, 5.74) is 3.20. The second-order valence-corrected chi connectivity index (χ2v) is 10.0. The molecule has 2 aromatic carbocycles. The van der Waals surface area contributed by atoms with Gasteiger partial charge in [0.05, 0.1) is 29.0 Å². The molecule has 2 atom stereocenters. The molecule has 2 N–H and O–H groups in total. The SMILES string of the molecule is COc1cc(/C=N\NC(=O)[C@H](CC(C)C)NC(=O)[C@H](C)Oc2ccc(Cl)cc2Cl)cc(I)c1OC. The zero-order valence-electron chi connectivity index (χ0n) is 20.0. The minimum Gasteiger partial charge on any atom is -0.493 e.